The van der Waals surface area contributed by atoms with Gasteiger partial charge >= 0.3 is 5.97 Å². The minimum absolute atomic E-state index is 0.103. The first-order chi connectivity index (χ1) is 9.88. The van der Waals surface area contributed by atoms with Crippen molar-refractivity contribution >= 4 is 17.6 Å². The van der Waals surface area contributed by atoms with E-state index >= 15 is 0 Å². The number of hydrogen-bond acceptors (Lipinski definition) is 4. The maximum absolute atomic E-state index is 11.7. The molecule has 2 rings (SSSR count). The minimum atomic E-state index is -0.779. The van der Waals surface area contributed by atoms with Crippen LogP contribution >= 0.6 is 0 Å². The number of nitrogens with zero attached hydrogens (tertiary/aromatic N) is 2. The normalized spacial score (nSPS) is 18.6. The van der Waals surface area contributed by atoms with Gasteiger partial charge in [-0.15, -0.1) is 0 Å². The highest BCUT2D eigenvalue weighted by atomic mass is 16.4. The van der Waals surface area contributed by atoms with Crippen molar-refractivity contribution in [1.82, 2.24) is 4.98 Å². The molecule has 0 aliphatic carbocycles. The third-order valence-electron chi connectivity index (χ3n) is 3.88. The van der Waals surface area contributed by atoms with Gasteiger partial charge in [0, 0.05) is 25.2 Å². The van der Waals surface area contributed by atoms with E-state index in [0.29, 0.717) is 17.8 Å². The molecule has 1 atom stereocenters. The lowest BCUT2D eigenvalue weighted by Crippen LogP contribution is -2.38. The Balaban J connectivity index is 2.32. The van der Waals surface area contributed by atoms with Crippen LogP contribution in [0, 0.1) is 19.8 Å². The van der Waals surface area contributed by atoms with Crippen LogP contribution in [-0.4, -0.2) is 35.1 Å². The molecular weight excluding hydrogens is 270 g/mol. The highest BCUT2D eigenvalue weighted by Gasteiger charge is 2.26. The molecule has 1 aromatic heterocycles. The molecule has 3 N–H and O–H groups in total. The summed E-state index contributed by atoms with van der Waals surface area (Å²) in [5.74, 6) is -1.17. The number of aryl methyl sites for hydroxylation is 2. The summed E-state index contributed by atoms with van der Waals surface area (Å²) in [5, 5.41) is 8.95. The molecule has 1 saturated heterocycles. The van der Waals surface area contributed by atoms with Crippen molar-refractivity contribution < 1.29 is 14.7 Å². The molecule has 0 saturated carbocycles. The Morgan fingerprint density at radius 2 is 2.19 bits per heavy atom. The summed E-state index contributed by atoms with van der Waals surface area (Å²) >= 11 is 0. The molecule has 2 heterocycles. The van der Waals surface area contributed by atoms with E-state index in [2.05, 4.69) is 9.88 Å². The Hall–Kier alpha value is -2.11. The summed E-state index contributed by atoms with van der Waals surface area (Å²) in [6, 6.07) is 1.86. The first kappa shape index (κ1) is 15.3. The van der Waals surface area contributed by atoms with Gasteiger partial charge in [-0.1, -0.05) is 0 Å². The molecular formula is C15H21N3O3. The summed E-state index contributed by atoms with van der Waals surface area (Å²) in [7, 11) is 0. The SMILES string of the molecule is Cc1cc(N2CCCC(CC(=O)O)C2)c(C(N)=O)c(C)n1. The molecule has 1 unspecified atom stereocenters. The number of hydrogen-bond donors (Lipinski definition) is 2. The Bertz CT molecular complexity index is 572. The van der Waals surface area contributed by atoms with Gasteiger partial charge < -0.3 is 15.7 Å². The van der Waals surface area contributed by atoms with Crippen molar-refractivity contribution in [2.24, 2.45) is 11.7 Å². The number of carbonyl (C=O) groups excluding carboxylic acids is 1. The number of carbonyl (C=O) groups is 2. The number of aliphatic carboxylic acids is 1. The van der Waals surface area contributed by atoms with Crippen molar-refractivity contribution in [3.05, 3.63) is 23.0 Å². The zero-order valence-electron chi connectivity index (χ0n) is 12.4. The molecule has 0 radical (unpaired) electrons. The molecule has 0 bridgehead atoms. The second-order valence-electron chi connectivity index (χ2n) is 5.66. The molecule has 0 spiro atoms. The fraction of sp³-hybridized carbons (Fsp3) is 0.533. The van der Waals surface area contributed by atoms with Gasteiger partial charge in [-0.3, -0.25) is 14.6 Å². The molecule has 1 aliphatic rings. The summed E-state index contributed by atoms with van der Waals surface area (Å²) < 4.78 is 0. The van der Waals surface area contributed by atoms with E-state index < -0.39 is 11.9 Å². The number of rotatable bonds is 4. The molecule has 1 fully saturated rings. The molecule has 1 aliphatic heterocycles. The van der Waals surface area contributed by atoms with Gasteiger partial charge in [0.1, 0.15) is 0 Å². The number of amides is 1. The van der Waals surface area contributed by atoms with E-state index in [1.165, 1.54) is 0 Å². The van der Waals surface area contributed by atoms with Crippen molar-refractivity contribution in [1.29, 1.82) is 0 Å². The lowest BCUT2D eigenvalue weighted by atomic mass is 9.93. The molecule has 0 aromatic carbocycles. The Labute approximate surface area is 124 Å². The number of carboxylic acid groups (broad SMARTS) is 1. The highest BCUT2D eigenvalue weighted by molar-refractivity contribution is 5.99. The van der Waals surface area contributed by atoms with Crippen LogP contribution in [0.5, 0.6) is 0 Å². The first-order valence-electron chi connectivity index (χ1n) is 7.13. The third-order valence-corrected chi connectivity index (χ3v) is 3.88. The minimum Gasteiger partial charge on any atom is -0.481 e. The number of carboxylic acids is 1. The van der Waals surface area contributed by atoms with Crippen LogP contribution in [0.25, 0.3) is 0 Å². The number of aromatic nitrogens is 1. The lowest BCUT2D eigenvalue weighted by molar-refractivity contribution is -0.138. The van der Waals surface area contributed by atoms with Crippen LogP contribution in [0.3, 0.4) is 0 Å². The Morgan fingerprint density at radius 1 is 1.48 bits per heavy atom. The van der Waals surface area contributed by atoms with E-state index in [4.69, 9.17) is 10.8 Å². The Kier molecular flexibility index (Phi) is 4.45. The van der Waals surface area contributed by atoms with Gasteiger partial charge in [-0.05, 0) is 38.7 Å². The van der Waals surface area contributed by atoms with Crippen molar-refractivity contribution in [2.45, 2.75) is 33.1 Å². The number of pyridine rings is 1. The molecule has 6 heteroatoms. The quantitative estimate of drug-likeness (QED) is 0.876. The highest BCUT2D eigenvalue weighted by Crippen LogP contribution is 2.29. The van der Waals surface area contributed by atoms with Crippen LogP contribution in [0.4, 0.5) is 5.69 Å². The second kappa shape index (κ2) is 6.11. The zero-order chi connectivity index (χ0) is 15.6. The lowest BCUT2D eigenvalue weighted by Gasteiger charge is -2.35. The average Bonchev–Trinajstić information content (AvgIpc) is 2.36. The van der Waals surface area contributed by atoms with Gasteiger partial charge in [-0.25, -0.2) is 0 Å². The van der Waals surface area contributed by atoms with Gasteiger partial charge in [0.2, 0.25) is 0 Å². The summed E-state index contributed by atoms with van der Waals surface area (Å²) in [4.78, 5) is 29.0. The number of nitrogens with two attached hydrogens (primary N) is 1. The fourth-order valence-corrected chi connectivity index (χ4v) is 3.06. The van der Waals surface area contributed by atoms with Gasteiger partial charge in [0.25, 0.3) is 5.91 Å². The standard InChI is InChI=1S/C15H21N3O3/c1-9-6-12(14(15(16)21)10(2)17-9)18-5-3-4-11(8-18)7-13(19)20/h6,11H,3-5,7-8H2,1-2H3,(H2,16,21)(H,19,20). The molecule has 1 aromatic rings. The fourth-order valence-electron chi connectivity index (χ4n) is 3.06. The van der Waals surface area contributed by atoms with E-state index in [1.54, 1.807) is 6.92 Å². The maximum atomic E-state index is 11.7. The van der Waals surface area contributed by atoms with Crippen LogP contribution < -0.4 is 10.6 Å². The van der Waals surface area contributed by atoms with Crippen LogP contribution in [0.15, 0.2) is 6.07 Å². The molecule has 114 valence electrons. The van der Waals surface area contributed by atoms with Crippen molar-refractivity contribution in [3.63, 3.8) is 0 Å². The van der Waals surface area contributed by atoms with Gasteiger partial charge in [0.15, 0.2) is 0 Å². The molecule has 6 nitrogen and oxygen atoms in total. The van der Waals surface area contributed by atoms with Crippen molar-refractivity contribution in [3.8, 4) is 0 Å². The van der Waals surface area contributed by atoms with Crippen LogP contribution in [0.2, 0.25) is 0 Å². The smallest absolute Gasteiger partial charge is 0.303 e. The van der Waals surface area contributed by atoms with E-state index in [-0.39, 0.29) is 12.3 Å². The second-order valence-corrected chi connectivity index (χ2v) is 5.66. The van der Waals surface area contributed by atoms with E-state index in [0.717, 1.165) is 30.8 Å². The molecule has 1 amide bonds. The number of piperidine rings is 1. The van der Waals surface area contributed by atoms with Crippen LogP contribution in [0.1, 0.15) is 41.0 Å². The van der Waals surface area contributed by atoms with Gasteiger partial charge in [0.05, 0.1) is 16.9 Å². The number of anilines is 1. The Morgan fingerprint density at radius 3 is 2.81 bits per heavy atom. The monoisotopic (exact) mass is 291 g/mol. The first-order valence-corrected chi connectivity index (χ1v) is 7.13. The summed E-state index contributed by atoms with van der Waals surface area (Å²) in [6.45, 7) is 5.09. The van der Waals surface area contributed by atoms with Crippen molar-refractivity contribution in [2.75, 3.05) is 18.0 Å². The summed E-state index contributed by atoms with van der Waals surface area (Å²) in [6.07, 6.45) is 1.97. The largest absolute Gasteiger partial charge is 0.481 e. The predicted molar refractivity (Wildman–Crippen MR) is 79.4 cm³/mol. The summed E-state index contributed by atoms with van der Waals surface area (Å²) in [5.41, 5.74) is 8.16. The zero-order valence-corrected chi connectivity index (χ0v) is 12.4. The topological polar surface area (TPSA) is 96.5 Å². The average molecular weight is 291 g/mol. The van der Waals surface area contributed by atoms with E-state index in [9.17, 15) is 9.59 Å². The predicted octanol–water partition coefficient (Wildman–Crippen LogP) is 1.49. The van der Waals surface area contributed by atoms with Crippen LogP contribution in [-0.2, 0) is 4.79 Å². The maximum Gasteiger partial charge on any atom is 0.303 e. The molecule has 21 heavy (non-hydrogen) atoms. The van der Waals surface area contributed by atoms with E-state index in [1.807, 2.05) is 13.0 Å². The third kappa shape index (κ3) is 3.51. The number of primary amides is 1. The van der Waals surface area contributed by atoms with Gasteiger partial charge in [-0.2, -0.15) is 0 Å².